The molecule has 0 bridgehead atoms. The summed E-state index contributed by atoms with van der Waals surface area (Å²) < 4.78 is 5.16. The molecule has 0 spiro atoms. The molecule has 1 aromatic rings. The van der Waals surface area contributed by atoms with Gasteiger partial charge >= 0.3 is 6.09 Å². The molecule has 3 rings (SSSR count). The molecule has 1 aliphatic carbocycles. The van der Waals surface area contributed by atoms with Crippen molar-refractivity contribution in [1.29, 1.82) is 0 Å². The Morgan fingerprint density at radius 2 is 1.89 bits per heavy atom. The van der Waals surface area contributed by atoms with E-state index in [1.165, 1.54) is 12.8 Å². The Hall–Kier alpha value is -2.38. The highest BCUT2D eigenvalue weighted by Gasteiger charge is 2.32. The van der Waals surface area contributed by atoms with Crippen LogP contribution < -0.4 is 15.0 Å². The summed E-state index contributed by atoms with van der Waals surface area (Å²) in [4.78, 5) is 28.4. The molecule has 0 atom stereocenters. The van der Waals surface area contributed by atoms with E-state index in [9.17, 15) is 9.59 Å². The van der Waals surface area contributed by atoms with Crippen molar-refractivity contribution in [2.75, 3.05) is 37.6 Å². The normalized spacial score (nSPS) is 17.4. The first-order valence-electron chi connectivity index (χ1n) is 10.2. The quantitative estimate of drug-likeness (QED) is 0.771. The van der Waals surface area contributed by atoms with Gasteiger partial charge in [0.1, 0.15) is 0 Å². The zero-order valence-corrected chi connectivity index (χ0v) is 17.1. The van der Waals surface area contributed by atoms with Crippen molar-refractivity contribution in [1.82, 2.24) is 20.4 Å². The number of aromatic nitrogens is 2. The van der Waals surface area contributed by atoms with Gasteiger partial charge in [-0.15, -0.1) is 10.2 Å². The molecule has 1 saturated heterocycles. The average molecular weight is 390 g/mol. The van der Waals surface area contributed by atoms with E-state index in [4.69, 9.17) is 4.74 Å². The van der Waals surface area contributed by atoms with Crippen LogP contribution in [-0.4, -0.2) is 59.8 Å². The minimum Gasteiger partial charge on any atom is -0.390 e. The van der Waals surface area contributed by atoms with Gasteiger partial charge < -0.3 is 19.9 Å². The van der Waals surface area contributed by atoms with Gasteiger partial charge in [0.15, 0.2) is 5.82 Å². The number of amides is 2. The molecule has 2 heterocycles. The molecule has 1 aliphatic heterocycles. The summed E-state index contributed by atoms with van der Waals surface area (Å²) in [5.74, 6) is 1.88. The van der Waals surface area contributed by atoms with Crippen LogP contribution in [0.4, 0.5) is 10.6 Å². The van der Waals surface area contributed by atoms with Crippen molar-refractivity contribution < 1.29 is 14.3 Å². The van der Waals surface area contributed by atoms with Gasteiger partial charge in [-0.3, -0.25) is 4.79 Å². The first-order valence-corrected chi connectivity index (χ1v) is 10.2. The summed E-state index contributed by atoms with van der Waals surface area (Å²) in [6.07, 6.45) is 3.87. The lowest BCUT2D eigenvalue weighted by Gasteiger charge is -2.38. The van der Waals surface area contributed by atoms with Gasteiger partial charge in [-0.25, -0.2) is 4.79 Å². The van der Waals surface area contributed by atoms with Gasteiger partial charge in [0.2, 0.25) is 11.8 Å². The second-order valence-electron chi connectivity index (χ2n) is 8.29. The van der Waals surface area contributed by atoms with Crippen LogP contribution in [0.2, 0.25) is 0 Å². The van der Waals surface area contributed by atoms with Gasteiger partial charge in [0, 0.05) is 44.2 Å². The van der Waals surface area contributed by atoms with Crippen LogP contribution in [0, 0.1) is 11.3 Å². The smallest absolute Gasteiger partial charge is 0.390 e. The summed E-state index contributed by atoms with van der Waals surface area (Å²) in [6.45, 7) is 9.43. The van der Waals surface area contributed by atoms with E-state index in [0.29, 0.717) is 32.7 Å². The highest BCUT2D eigenvalue weighted by Crippen LogP contribution is 2.31. The zero-order chi connectivity index (χ0) is 20.1. The minimum atomic E-state index is -0.492. The van der Waals surface area contributed by atoms with Gasteiger partial charge in [0.05, 0.1) is 0 Å². The highest BCUT2D eigenvalue weighted by molar-refractivity contribution is 5.82. The summed E-state index contributed by atoms with van der Waals surface area (Å²) in [5, 5.41) is 10.9. The predicted molar refractivity (Wildman–Crippen MR) is 106 cm³/mol. The number of nitrogens with zero attached hydrogens (tertiary/aromatic N) is 4. The fourth-order valence-corrected chi connectivity index (χ4v) is 3.17. The van der Waals surface area contributed by atoms with Gasteiger partial charge in [-0.05, 0) is 24.8 Å². The van der Waals surface area contributed by atoms with Crippen LogP contribution in [0.3, 0.4) is 0 Å². The van der Waals surface area contributed by atoms with Gasteiger partial charge in [-0.2, -0.15) is 0 Å². The monoisotopic (exact) mass is 389 g/mol. The van der Waals surface area contributed by atoms with Crippen molar-refractivity contribution >= 4 is 17.8 Å². The molecule has 8 nitrogen and oxygen atoms in total. The number of carbonyl (C=O) groups excluding carboxylic acids is 2. The maximum Gasteiger partial charge on any atom is 0.413 e. The molecule has 1 aromatic heterocycles. The van der Waals surface area contributed by atoms with Crippen LogP contribution in [-0.2, 0) is 4.79 Å². The Kier molecular flexibility index (Phi) is 6.36. The van der Waals surface area contributed by atoms with Gasteiger partial charge in [-0.1, -0.05) is 33.6 Å². The summed E-state index contributed by atoms with van der Waals surface area (Å²) in [5.41, 5.74) is -0.319. The lowest BCUT2D eigenvalue weighted by Crippen LogP contribution is -2.52. The number of carbonyl (C=O) groups is 2. The molecule has 8 heteroatoms. The number of piperazine rings is 1. The molecule has 28 heavy (non-hydrogen) atoms. The Bertz CT molecular complexity index is 680. The third-order valence-electron chi connectivity index (χ3n) is 5.70. The van der Waals surface area contributed by atoms with Crippen molar-refractivity contribution in [3.8, 4) is 5.88 Å². The Balaban J connectivity index is 1.45. The van der Waals surface area contributed by atoms with Gasteiger partial charge in [0.25, 0.3) is 0 Å². The topological polar surface area (TPSA) is 87.7 Å². The lowest BCUT2D eigenvalue weighted by molar-refractivity contribution is -0.140. The average Bonchev–Trinajstić information content (AvgIpc) is 3.52. The standard InChI is InChI=1S/C20H31N5O3/c1-4-20(2,3)18(26)25-13-11-24(12-14-25)16-7-8-17(23-22-16)28-19(27)21-10-9-15-5-6-15/h7-8,15H,4-6,9-14H2,1-3H3,(H,21,27). The Morgan fingerprint density at radius 1 is 1.18 bits per heavy atom. The molecule has 2 fully saturated rings. The van der Waals surface area contributed by atoms with E-state index in [1.807, 2.05) is 25.7 Å². The first kappa shape index (κ1) is 20.4. The Morgan fingerprint density at radius 3 is 2.46 bits per heavy atom. The lowest BCUT2D eigenvalue weighted by atomic mass is 9.88. The summed E-state index contributed by atoms with van der Waals surface area (Å²) in [6, 6.07) is 3.45. The van der Waals surface area contributed by atoms with E-state index < -0.39 is 6.09 Å². The number of hydrogen-bond acceptors (Lipinski definition) is 6. The molecule has 154 valence electrons. The summed E-state index contributed by atoms with van der Waals surface area (Å²) in [7, 11) is 0. The van der Waals surface area contributed by atoms with E-state index in [1.54, 1.807) is 12.1 Å². The highest BCUT2D eigenvalue weighted by atomic mass is 16.6. The largest absolute Gasteiger partial charge is 0.413 e. The predicted octanol–water partition coefficient (Wildman–Crippen LogP) is 2.45. The Labute approximate surface area is 166 Å². The number of hydrogen-bond donors (Lipinski definition) is 1. The number of rotatable bonds is 7. The third-order valence-corrected chi connectivity index (χ3v) is 5.70. The third kappa shape index (κ3) is 5.33. The van der Waals surface area contributed by atoms with Crippen molar-refractivity contribution in [2.24, 2.45) is 11.3 Å². The number of nitrogens with one attached hydrogen (secondary N) is 1. The summed E-state index contributed by atoms with van der Waals surface area (Å²) >= 11 is 0. The maximum absolute atomic E-state index is 12.6. The van der Waals surface area contributed by atoms with Crippen LogP contribution in [0.25, 0.3) is 0 Å². The van der Waals surface area contributed by atoms with Crippen LogP contribution >= 0.6 is 0 Å². The van der Waals surface area contributed by atoms with E-state index in [0.717, 1.165) is 24.6 Å². The zero-order valence-electron chi connectivity index (χ0n) is 17.1. The van der Waals surface area contributed by atoms with E-state index in [2.05, 4.69) is 20.4 Å². The molecule has 1 N–H and O–H groups in total. The van der Waals surface area contributed by atoms with Crippen LogP contribution in [0.5, 0.6) is 5.88 Å². The fourth-order valence-electron chi connectivity index (χ4n) is 3.17. The molecule has 0 aromatic carbocycles. The van der Waals surface area contributed by atoms with E-state index >= 15 is 0 Å². The molecule has 0 radical (unpaired) electrons. The molecule has 2 aliphatic rings. The van der Waals surface area contributed by atoms with Crippen LogP contribution in [0.1, 0.15) is 46.5 Å². The van der Waals surface area contributed by atoms with E-state index in [-0.39, 0.29) is 17.2 Å². The molecule has 0 unspecified atom stereocenters. The molecule has 1 saturated carbocycles. The second-order valence-corrected chi connectivity index (χ2v) is 8.29. The SMILES string of the molecule is CCC(C)(C)C(=O)N1CCN(c2ccc(OC(=O)NCCC3CC3)nn2)CC1. The minimum absolute atomic E-state index is 0.186. The number of anilines is 1. The van der Waals surface area contributed by atoms with Crippen molar-refractivity contribution in [3.05, 3.63) is 12.1 Å². The fraction of sp³-hybridized carbons (Fsp3) is 0.700. The van der Waals surface area contributed by atoms with Crippen molar-refractivity contribution in [3.63, 3.8) is 0 Å². The maximum atomic E-state index is 12.6. The number of ether oxygens (including phenoxy) is 1. The molecule has 2 amide bonds. The molecular formula is C20H31N5O3. The first-order chi connectivity index (χ1) is 13.4. The second kappa shape index (κ2) is 8.75. The van der Waals surface area contributed by atoms with Crippen LogP contribution in [0.15, 0.2) is 12.1 Å². The molecular weight excluding hydrogens is 358 g/mol. The van der Waals surface area contributed by atoms with Crippen molar-refractivity contribution in [2.45, 2.75) is 46.5 Å².